The minimum absolute atomic E-state index is 0.0641. The van der Waals surface area contributed by atoms with Gasteiger partial charge in [0.2, 0.25) is 0 Å². The number of carbonyl (C=O) groups is 3. The van der Waals surface area contributed by atoms with Crippen molar-refractivity contribution in [3.63, 3.8) is 0 Å². The van der Waals surface area contributed by atoms with Gasteiger partial charge in [0.25, 0.3) is 0 Å². The van der Waals surface area contributed by atoms with Crippen LogP contribution in [-0.2, 0) is 28.6 Å². The van der Waals surface area contributed by atoms with Crippen molar-refractivity contribution in [2.24, 2.45) is 11.8 Å². The predicted octanol–water partition coefficient (Wildman–Crippen LogP) is 16.5. The van der Waals surface area contributed by atoms with Gasteiger partial charge in [-0.25, -0.2) is 0 Å². The second kappa shape index (κ2) is 44.9. The Balaban J connectivity index is 4.18. The summed E-state index contributed by atoms with van der Waals surface area (Å²) in [6, 6.07) is 0. The smallest absolute Gasteiger partial charge is 0.306 e. The zero-order valence-electron chi connectivity index (χ0n) is 39.7. The highest BCUT2D eigenvalue weighted by Crippen LogP contribution is 2.18. The maximum atomic E-state index is 12.7. The number of rotatable bonds is 46. The lowest BCUT2D eigenvalue weighted by molar-refractivity contribution is -0.167. The van der Waals surface area contributed by atoms with Crippen LogP contribution in [0.1, 0.15) is 285 Å². The number of hydrogen-bond donors (Lipinski definition) is 0. The van der Waals surface area contributed by atoms with E-state index >= 15 is 0 Å². The lowest BCUT2D eigenvalue weighted by Crippen LogP contribution is -2.30. The third-order valence-electron chi connectivity index (χ3n) is 12.1. The third kappa shape index (κ3) is 44.0. The highest BCUT2D eigenvalue weighted by molar-refractivity contribution is 5.71. The molecule has 6 heteroatoms. The van der Waals surface area contributed by atoms with Crippen LogP contribution in [0.5, 0.6) is 0 Å². The molecule has 58 heavy (non-hydrogen) atoms. The van der Waals surface area contributed by atoms with Gasteiger partial charge in [-0.15, -0.1) is 0 Å². The van der Waals surface area contributed by atoms with Crippen molar-refractivity contribution < 1.29 is 28.6 Å². The fourth-order valence-electron chi connectivity index (χ4n) is 7.78. The van der Waals surface area contributed by atoms with E-state index in [0.717, 1.165) is 69.6 Å². The summed E-state index contributed by atoms with van der Waals surface area (Å²) in [6.07, 6.45) is 45.3. The maximum Gasteiger partial charge on any atom is 0.306 e. The lowest BCUT2D eigenvalue weighted by Gasteiger charge is -2.18. The first-order valence-corrected chi connectivity index (χ1v) is 25.8. The molecule has 6 nitrogen and oxygen atoms in total. The van der Waals surface area contributed by atoms with E-state index in [1.807, 2.05) is 0 Å². The Bertz CT molecular complexity index is 887. The molecule has 0 aliphatic carbocycles. The van der Waals surface area contributed by atoms with Crippen molar-refractivity contribution in [1.29, 1.82) is 0 Å². The molecular formula is C52H100O6. The van der Waals surface area contributed by atoms with E-state index in [-0.39, 0.29) is 31.1 Å². The Kier molecular flexibility index (Phi) is 43.7. The Morgan fingerprint density at radius 1 is 0.362 bits per heavy atom. The van der Waals surface area contributed by atoms with E-state index in [4.69, 9.17) is 14.2 Å². The summed E-state index contributed by atoms with van der Waals surface area (Å²) in [5, 5.41) is 0. The molecule has 0 rings (SSSR count). The number of carbonyl (C=O) groups excluding carboxylic acids is 3. The van der Waals surface area contributed by atoms with Crippen LogP contribution >= 0.6 is 0 Å². The van der Waals surface area contributed by atoms with Crippen molar-refractivity contribution in [3.8, 4) is 0 Å². The Morgan fingerprint density at radius 2 is 0.655 bits per heavy atom. The Labute approximate surface area is 361 Å². The van der Waals surface area contributed by atoms with Crippen LogP contribution in [0.2, 0.25) is 0 Å². The maximum absolute atomic E-state index is 12.7. The third-order valence-corrected chi connectivity index (χ3v) is 12.1. The van der Waals surface area contributed by atoms with Crippen LogP contribution in [-0.4, -0.2) is 37.2 Å². The summed E-state index contributed by atoms with van der Waals surface area (Å²) in [5.74, 6) is 0.865. The van der Waals surface area contributed by atoms with Crippen LogP contribution in [0.15, 0.2) is 0 Å². The molecule has 0 saturated carbocycles. The average molecular weight is 821 g/mol. The Morgan fingerprint density at radius 3 is 0.983 bits per heavy atom. The molecule has 0 fully saturated rings. The first kappa shape index (κ1) is 56.4. The molecule has 0 aromatic heterocycles. The van der Waals surface area contributed by atoms with Gasteiger partial charge in [-0.3, -0.25) is 14.4 Å². The van der Waals surface area contributed by atoms with Gasteiger partial charge in [0, 0.05) is 19.3 Å². The summed E-state index contributed by atoms with van der Waals surface area (Å²) in [7, 11) is 0. The van der Waals surface area contributed by atoms with Gasteiger partial charge in [0.15, 0.2) is 6.10 Å². The fourth-order valence-corrected chi connectivity index (χ4v) is 7.78. The highest BCUT2D eigenvalue weighted by atomic mass is 16.6. The predicted molar refractivity (Wildman–Crippen MR) is 247 cm³/mol. The van der Waals surface area contributed by atoms with E-state index < -0.39 is 6.10 Å². The van der Waals surface area contributed by atoms with Crippen molar-refractivity contribution in [2.75, 3.05) is 13.2 Å². The molecule has 0 aromatic rings. The van der Waals surface area contributed by atoms with Crippen LogP contribution in [0.3, 0.4) is 0 Å². The summed E-state index contributed by atoms with van der Waals surface area (Å²) >= 11 is 0. The molecule has 0 spiro atoms. The van der Waals surface area contributed by atoms with Crippen LogP contribution in [0, 0.1) is 11.8 Å². The van der Waals surface area contributed by atoms with E-state index in [0.29, 0.717) is 19.3 Å². The zero-order valence-corrected chi connectivity index (χ0v) is 39.7. The van der Waals surface area contributed by atoms with E-state index in [1.165, 1.54) is 173 Å². The van der Waals surface area contributed by atoms with Gasteiger partial charge in [0.1, 0.15) is 13.2 Å². The van der Waals surface area contributed by atoms with Crippen LogP contribution in [0.4, 0.5) is 0 Å². The van der Waals surface area contributed by atoms with E-state index in [1.54, 1.807) is 0 Å². The second-order valence-corrected chi connectivity index (χ2v) is 18.5. The molecule has 0 saturated heterocycles. The van der Waals surface area contributed by atoms with Crippen molar-refractivity contribution >= 4 is 17.9 Å². The molecule has 0 heterocycles. The Hall–Kier alpha value is -1.59. The summed E-state index contributed by atoms with van der Waals surface area (Å²) in [6.45, 7) is 11.4. The van der Waals surface area contributed by atoms with Gasteiger partial charge >= 0.3 is 17.9 Å². The SMILES string of the molecule is CCCCCCCCCC(=O)OC[C@H](COC(=O)CCCCCCCCCCCCCCCCCCC(C)C)OC(=O)CCCCCCCCCCCCC(C)CC. The molecule has 0 bridgehead atoms. The molecule has 1 unspecified atom stereocenters. The van der Waals surface area contributed by atoms with Crippen molar-refractivity contribution in [3.05, 3.63) is 0 Å². The highest BCUT2D eigenvalue weighted by Gasteiger charge is 2.19. The largest absolute Gasteiger partial charge is 0.462 e. The van der Waals surface area contributed by atoms with Gasteiger partial charge in [0.05, 0.1) is 0 Å². The van der Waals surface area contributed by atoms with Crippen LogP contribution < -0.4 is 0 Å². The fraction of sp³-hybridized carbons (Fsp3) is 0.942. The molecule has 0 aliphatic rings. The van der Waals surface area contributed by atoms with Gasteiger partial charge < -0.3 is 14.2 Å². The van der Waals surface area contributed by atoms with Crippen molar-refractivity contribution in [2.45, 2.75) is 291 Å². The monoisotopic (exact) mass is 821 g/mol. The molecule has 0 aliphatic heterocycles. The topological polar surface area (TPSA) is 78.9 Å². The summed E-state index contributed by atoms with van der Waals surface area (Å²) in [4.78, 5) is 37.8. The van der Waals surface area contributed by atoms with E-state index in [9.17, 15) is 14.4 Å². The molecular weight excluding hydrogens is 721 g/mol. The van der Waals surface area contributed by atoms with Gasteiger partial charge in [-0.2, -0.15) is 0 Å². The average Bonchev–Trinajstić information content (AvgIpc) is 3.21. The first-order chi connectivity index (χ1) is 28.3. The molecule has 0 N–H and O–H groups in total. The standard InChI is InChI=1S/C52H100O6/c1-6-8-9-10-25-32-37-42-50(53)56-45-49(58-52(55)44-39-34-29-24-20-19-22-27-31-36-41-48(5)7-2)46-57-51(54)43-38-33-28-23-18-16-14-12-11-13-15-17-21-26-30-35-40-47(3)4/h47-49H,6-46H2,1-5H3/t48?,49-/m1/s1. The van der Waals surface area contributed by atoms with E-state index in [2.05, 4.69) is 34.6 Å². The normalized spacial score (nSPS) is 12.5. The zero-order chi connectivity index (χ0) is 42.6. The number of unbranched alkanes of at least 4 members (excludes halogenated alkanes) is 30. The second-order valence-electron chi connectivity index (χ2n) is 18.5. The molecule has 344 valence electrons. The van der Waals surface area contributed by atoms with Gasteiger partial charge in [-0.1, -0.05) is 247 Å². The summed E-state index contributed by atoms with van der Waals surface area (Å²) in [5.41, 5.74) is 0. The van der Waals surface area contributed by atoms with Crippen molar-refractivity contribution in [1.82, 2.24) is 0 Å². The first-order valence-electron chi connectivity index (χ1n) is 25.8. The van der Waals surface area contributed by atoms with Crippen LogP contribution in [0.25, 0.3) is 0 Å². The number of hydrogen-bond acceptors (Lipinski definition) is 6. The minimum atomic E-state index is -0.760. The molecule has 2 atom stereocenters. The quantitative estimate of drug-likeness (QED) is 0.0346. The van der Waals surface area contributed by atoms with Gasteiger partial charge in [-0.05, 0) is 31.1 Å². The minimum Gasteiger partial charge on any atom is -0.462 e. The number of ether oxygens (including phenoxy) is 3. The molecule has 0 aromatic carbocycles. The molecule has 0 amide bonds. The number of esters is 3. The lowest BCUT2D eigenvalue weighted by atomic mass is 9.99. The molecule has 0 radical (unpaired) electrons. The summed E-state index contributed by atoms with van der Waals surface area (Å²) < 4.78 is 16.7.